The van der Waals surface area contributed by atoms with Crippen LogP contribution in [0.1, 0.15) is 33.4 Å². The molecule has 0 fully saturated rings. The smallest absolute Gasteiger partial charge is 0.340 e. The van der Waals surface area contributed by atoms with E-state index in [2.05, 4.69) is 18.9 Å². The summed E-state index contributed by atoms with van der Waals surface area (Å²) in [7, 11) is -7.84. The maximum absolute atomic E-state index is 13.3. The molecule has 6 N–H and O–H groups in total. The third kappa shape index (κ3) is 9.95. The standard InChI is InChI=1S/C38H36Cl2N4O11S2/c1-21-27-17-31(39)35(19-33(27)54-37(47)29(21)15-23-5-3-7-25(13-23)43-56(49,50)41-9-11-45)53-36-20-34-28(18-32(36)40)22(2)30(38(48)55-34)16-24-6-4-8-26(14-24)44-57(51,52)42-10-12-46/h3-8,13-14,17-20,41-46H,9-12,15-16H2,1-2H3. The predicted molar refractivity (Wildman–Crippen MR) is 218 cm³/mol. The van der Waals surface area contributed by atoms with Crippen LogP contribution in [0.3, 0.4) is 0 Å². The Kier molecular flexibility index (Phi) is 12.6. The molecule has 6 rings (SSSR count). The molecule has 0 aliphatic carbocycles. The molecule has 0 unspecified atom stereocenters. The lowest BCUT2D eigenvalue weighted by atomic mass is 9.99. The molecule has 15 nitrogen and oxygen atoms in total. The van der Waals surface area contributed by atoms with Gasteiger partial charge in [0.25, 0.3) is 20.4 Å². The Bertz CT molecular complexity index is 2660. The fourth-order valence-corrected chi connectivity index (χ4v) is 8.25. The fraction of sp³-hybridized carbons (Fsp3) is 0.211. The van der Waals surface area contributed by atoms with E-state index in [-0.39, 0.29) is 83.2 Å². The lowest BCUT2D eigenvalue weighted by Crippen LogP contribution is -2.32. The summed E-state index contributed by atoms with van der Waals surface area (Å²) in [6.45, 7) is 2.45. The highest BCUT2D eigenvalue weighted by molar-refractivity contribution is 7.91. The first-order valence-corrected chi connectivity index (χ1v) is 20.9. The van der Waals surface area contributed by atoms with E-state index >= 15 is 0 Å². The van der Waals surface area contributed by atoms with Crippen LogP contribution in [0, 0.1) is 13.8 Å². The van der Waals surface area contributed by atoms with E-state index in [9.17, 15) is 26.4 Å². The zero-order chi connectivity index (χ0) is 41.1. The molecule has 0 radical (unpaired) electrons. The summed E-state index contributed by atoms with van der Waals surface area (Å²) >= 11 is 13.4. The molecule has 2 heterocycles. The van der Waals surface area contributed by atoms with Crippen molar-refractivity contribution in [2.24, 2.45) is 0 Å². The van der Waals surface area contributed by atoms with Crippen LogP contribution >= 0.6 is 23.2 Å². The summed E-state index contributed by atoms with van der Waals surface area (Å²) in [5, 5.41) is 19.3. The number of hydrogen-bond donors (Lipinski definition) is 6. The largest absolute Gasteiger partial charge is 0.454 e. The van der Waals surface area contributed by atoms with Crippen LogP contribution in [0.4, 0.5) is 11.4 Å². The molecule has 2 aromatic heterocycles. The minimum atomic E-state index is -3.92. The van der Waals surface area contributed by atoms with E-state index in [0.717, 1.165) is 0 Å². The summed E-state index contributed by atoms with van der Waals surface area (Å²) in [5.41, 5.74) is 2.72. The molecule has 57 heavy (non-hydrogen) atoms. The Morgan fingerprint density at radius 1 is 0.632 bits per heavy atom. The minimum Gasteiger partial charge on any atom is -0.454 e. The SMILES string of the molecule is Cc1c(Cc2cccc(NS(=O)(=O)NCCO)c2)c(=O)oc2cc(Oc3cc4oc(=O)c(Cc5cccc(NS(=O)(=O)NCCO)c5)c(C)c4cc3Cl)c(Cl)cc12. The third-order valence-corrected chi connectivity index (χ3v) is 11.6. The van der Waals surface area contributed by atoms with E-state index in [4.69, 9.17) is 47.0 Å². The fourth-order valence-electron chi connectivity index (χ4n) is 6.10. The van der Waals surface area contributed by atoms with Crippen molar-refractivity contribution in [3.63, 3.8) is 0 Å². The lowest BCUT2D eigenvalue weighted by molar-refractivity contribution is 0.301. The van der Waals surface area contributed by atoms with Gasteiger partial charge in [0.1, 0.15) is 22.7 Å². The van der Waals surface area contributed by atoms with Crippen molar-refractivity contribution < 1.29 is 40.6 Å². The van der Waals surface area contributed by atoms with Crippen LogP contribution in [0.2, 0.25) is 10.0 Å². The van der Waals surface area contributed by atoms with Crippen LogP contribution in [0.25, 0.3) is 21.9 Å². The minimum absolute atomic E-state index is 0.105. The van der Waals surface area contributed by atoms with Crippen molar-refractivity contribution in [3.05, 3.63) is 137 Å². The van der Waals surface area contributed by atoms with Gasteiger partial charge in [0.2, 0.25) is 0 Å². The van der Waals surface area contributed by atoms with Gasteiger partial charge in [0, 0.05) is 60.0 Å². The number of aryl methyl sites for hydroxylation is 2. The molecule has 0 atom stereocenters. The number of hydrogen-bond acceptors (Lipinski definition) is 11. The Morgan fingerprint density at radius 2 is 1.04 bits per heavy atom. The number of aliphatic hydroxyl groups excluding tert-OH is 2. The number of anilines is 2. The van der Waals surface area contributed by atoms with E-state index in [1.54, 1.807) is 74.5 Å². The summed E-state index contributed by atoms with van der Waals surface area (Å²) in [5.74, 6) is 0.210. The Morgan fingerprint density at radius 3 is 1.42 bits per heavy atom. The van der Waals surface area contributed by atoms with Crippen LogP contribution in [-0.2, 0) is 33.3 Å². The van der Waals surface area contributed by atoms with E-state index in [1.165, 1.54) is 12.1 Å². The van der Waals surface area contributed by atoms with Crippen molar-refractivity contribution in [1.29, 1.82) is 0 Å². The Hall–Kier alpha value is -4.98. The van der Waals surface area contributed by atoms with Gasteiger partial charge in [-0.25, -0.2) is 9.59 Å². The van der Waals surface area contributed by atoms with Crippen molar-refractivity contribution in [3.8, 4) is 11.5 Å². The number of benzene rings is 4. The summed E-state index contributed by atoms with van der Waals surface area (Å²) in [6.07, 6.45) is 0.243. The second-order valence-electron chi connectivity index (χ2n) is 12.8. The van der Waals surface area contributed by atoms with Gasteiger partial charge in [-0.2, -0.15) is 26.3 Å². The lowest BCUT2D eigenvalue weighted by Gasteiger charge is -2.14. The topological polar surface area (TPSA) is 227 Å². The number of rotatable bonds is 16. The molecule has 4 aromatic carbocycles. The van der Waals surface area contributed by atoms with Gasteiger partial charge in [0.05, 0.1) is 34.6 Å². The zero-order valence-corrected chi connectivity index (χ0v) is 33.5. The van der Waals surface area contributed by atoms with Gasteiger partial charge in [-0.15, -0.1) is 0 Å². The highest BCUT2D eigenvalue weighted by atomic mass is 35.5. The molecule has 19 heteroatoms. The monoisotopic (exact) mass is 858 g/mol. The van der Waals surface area contributed by atoms with Crippen molar-refractivity contribution >= 4 is 76.9 Å². The molecular weight excluding hydrogens is 823 g/mol. The first-order valence-electron chi connectivity index (χ1n) is 17.2. The van der Waals surface area contributed by atoms with Crippen molar-refractivity contribution in [2.45, 2.75) is 26.7 Å². The summed E-state index contributed by atoms with van der Waals surface area (Å²) < 4.78 is 75.5. The molecule has 0 bridgehead atoms. The highest BCUT2D eigenvalue weighted by Gasteiger charge is 2.20. The van der Waals surface area contributed by atoms with Crippen molar-refractivity contribution in [1.82, 2.24) is 9.44 Å². The van der Waals surface area contributed by atoms with Crippen molar-refractivity contribution in [2.75, 3.05) is 35.7 Å². The second kappa shape index (κ2) is 17.3. The number of fused-ring (bicyclic) bond motifs is 2. The molecule has 6 aromatic rings. The Labute approximate surface area is 336 Å². The Balaban J connectivity index is 1.24. The molecule has 0 aliphatic rings. The number of aliphatic hydroxyl groups is 2. The molecule has 0 amide bonds. The quantitative estimate of drug-likeness (QED) is 0.0687. The summed E-state index contributed by atoms with van der Waals surface area (Å²) in [4.78, 5) is 26.5. The van der Waals surface area contributed by atoms with Gasteiger partial charge in [-0.1, -0.05) is 47.5 Å². The van der Waals surface area contributed by atoms with Gasteiger partial charge < -0.3 is 23.8 Å². The molecule has 0 saturated heterocycles. The van der Waals surface area contributed by atoms with E-state index in [0.29, 0.717) is 44.2 Å². The van der Waals surface area contributed by atoms with Gasteiger partial charge in [-0.05, 0) is 72.5 Å². The van der Waals surface area contributed by atoms with Crippen LogP contribution in [-0.4, -0.2) is 53.4 Å². The van der Waals surface area contributed by atoms with E-state index in [1.807, 2.05) is 0 Å². The molecule has 300 valence electrons. The predicted octanol–water partition coefficient (Wildman–Crippen LogP) is 5.27. The highest BCUT2D eigenvalue weighted by Crippen LogP contribution is 2.39. The maximum Gasteiger partial charge on any atom is 0.340 e. The average molecular weight is 860 g/mol. The molecule has 0 spiro atoms. The third-order valence-electron chi connectivity index (χ3n) is 8.83. The molecule has 0 saturated carbocycles. The molecule has 0 aliphatic heterocycles. The summed E-state index contributed by atoms with van der Waals surface area (Å²) in [6, 6.07) is 19.1. The first kappa shape index (κ1) is 41.6. The van der Waals surface area contributed by atoms with Gasteiger partial charge in [0.15, 0.2) is 0 Å². The first-order chi connectivity index (χ1) is 27.1. The number of ether oxygens (including phenoxy) is 1. The van der Waals surface area contributed by atoms with Crippen LogP contribution in [0.5, 0.6) is 11.5 Å². The normalized spacial score (nSPS) is 12.0. The van der Waals surface area contributed by atoms with Crippen LogP contribution < -0.4 is 34.9 Å². The average Bonchev–Trinajstić information content (AvgIpc) is 3.15. The zero-order valence-electron chi connectivity index (χ0n) is 30.3. The number of nitrogens with one attached hydrogen (secondary N) is 4. The molecular formula is C38H36Cl2N4O11S2. The van der Waals surface area contributed by atoms with Gasteiger partial charge >= 0.3 is 11.3 Å². The van der Waals surface area contributed by atoms with Crippen LogP contribution in [0.15, 0.2) is 91.2 Å². The van der Waals surface area contributed by atoms with Gasteiger partial charge in [-0.3, -0.25) is 9.44 Å². The second-order valence-corrected chi connectivity index (χ2v) is 16.7. The maximum atomic E-state index is 13.3. The number of halogens is 2. The van der Waals surface area contributed by atoms with E-state index < -0.39 is 31.7 Å².